The highest BCUT2D eigenvalue weighted by Crippen LogP contribution is 2.41. The Hall–Kier alpha value is -1.42. The molecule has 0 bridgehead atoms. The predicted molar refractivity (Wildman–Crippen MR) is 206 cm³/mol. The van der Waals surface area contributed by atoms with Gasteiger partial charge in [0.05, 0.1) is 13.2 Å². The third-order valence-corrected chi connectivity index (χ3v) is 10.7. The van der Waals surface area contributed by atoms with Gasteiger partial charge in [-0.2, -0.15) is 10.1 Å². The molecule has 0 spiro atoms. The molecule has 0 saturated carbocycles. The number of nitrogens with zero attached hydrogens (tertiary/aromatic N) is 2. The van der Waals surface area contributed by atoms with E-state index in [2.05, 4.69) is 79.4 Å². The number of unbranched alkanes of at least 4 members (excludes halogenated alkanes) is 16. The van der Waals surface area contributed by atoms with E-state index in [1.807, 2.05) is 0 Å². The molecule has 0 aromatic rings. The van der Waals surface area contributed by atoms with Gasteiger partial charge in [0.15, 0.2) is 0 Å². The maximum atomic E-state index is 12.8. The minimum Gasteiger partial charge on any atom is -0.430 e. The van der Waals surface area contributed by atoms with E-state index in [4.69, 9.17) is 23.9 Å². The van der Waals surface area contributed by atoms with Gasteiger partial charge in [-0.15, -0.1) is 0 Å². The summed E-state index contributed by atoms with van der Waals surface area (Å²) in [6.07, 6.45) is 22.3. The molecule has 2 fully saturated rings. The normalized spacial score (nSPS) is 20.7. The smallest absolute Gasteiger partial charge is 0.430 e. The molecule has 51 heavy (non-hydrogen) atoms. The molecule has 2 aliphatic rings. The first-order chi connectivity index (χ1) is 24.0. The van der Waals surface area contributed by atoms with Gasteiger partial charge in [-0.05, 0) is 68.2 Å². The summed E-state index contributed by atoms with van der Waals surface area (Å²) in [7, 11) is 0. The summed E-state index contributed by atoms with van der Waals surface area (Å²) in [6, 6.07) is 0. The fourth-order valence-corrected chi connectivity index (χ4v) is 8.73. The standard InChI is InChI=1S/C42H80N2O7/c1-11-13-15-17-19-21-23-25-27-29-47-43-39(3,4)31-35(32-40(43,5)6)49-37(45)51-38(46)50-36-33-41(7,8)44(42(9,10)34-36)48-30-28-26-24-22-20-18-16-14-12-2/h35-36H,11-34H2,1-10H3. The first-order valence-electron chi connectivity index (χ1n) is 21.0. The van der Waals surface area contributed by atoms with Crippen molar-refractivity contribution in [3.8, 4) is 0 Å². The van der Waals surface area contributed by atoms with Gasteiger partial charge >= 0.3 is 12.3 Å². The Morgan fingerprint density at radius 2 is 0.706 bits per heavy atom. The first kappa shape index (κ1) is 45.7. The second-order valence-corrected chi connectivity index (χ2v) is 18.1. The highest BCUT2D eigenvalue weighted by molar-refractivity contribution is 5.77. The van der Waals surface area contributed by atoms with E-state index in [0.29, 0.717) is 38.9 Å². The fourth-order valence-electron chi connectivity index (χ4n) is 8.73. The van der Waals surface area contributed by atoms with E-state index < -0.39 is 24.5 Å². The van der Waals surface area contributed by atoms with Crippen molar-refractivity contribution in [2.75, 3.05) is 13.2 Å². The molecule has 0 N–H and O–H groups in total. The van der Waals surface area contributed by atoms with Crippen molar-refractivity contribution in [3.05, 3.63) is 0 Å². The van der Waals surface area contributed by atoms with Crippen LogP contribution in [0, 0.1) is 0 Å². The van der Waals surface area contributed by atoms with Gasteiger partial charge in [0, 0.05) is 47.8 Å². The van der Waals surface area contributed by atoms with Crippen LogP contribution < -0.4 is 0 Å². The number of hydrogen-bond donors (Lipinski definition) is 0. The van der Waals surface area contributed by atoms with E-state index in [1.54, 1.807) is 0 Å². The van der Waals surface area contributed by atoms with Crippen LogP contribution in [0.5, 0.6) is 0 Å². The van der Waals surface area contributed by atoms with Crippen LogP contribution in [0.1, 0.15) is 210 Å². The molecule has 2 rings (SSSR count). The lowest BCUT2D eigenvalue weighted by Crippen LogP contribution is -2.62. The van der Waals surface area contributed by atoms with E-state index in [-0.39, 0.29) is 22.2 Å². The summed E-state index contributed by atoms with van der Waals surface area (Å²) in [5, 5.41) is 4.17. The van der Waals surface area contributed by atoms with Crippen molar-refractivity contribution in [1.82, 2.24) is 10.1 Å². The number of hydrogen-bond acceptors (Lipinski definition) is 9. The van der Waals surface area contributed by atoms with Crippen molar-refractivity contribution in [2.24, 2.45) is 0 Å². The maximum Gasteiger partial charge on any atom is 0.518 e. The zero-order valence-electron chi connectivity index (χ0n) is 34.9. The Morgan fingerprint density at radius 1 is 0.451 bits per heavy atom. The van der Waals surface area contributed by atoms with Crippen LogP contribution in [0.15, 0.2) is 0 Å². The Kier molecular flexibility index (Phi) is 20.4. The molecule has 9 heteroatoms. The van der Waals surface area contributed by atoms with Gasteiger partial charge in [0.1, 0.15) is 12.2 Å². The zero-order chi connectivity index (χ0) is 38.0. The third-order valence-electron chi connectivity index (χ3n) is 10.7. The van der Waals surface area contributed by atoms with Crippen molar-refractivity contribution >= 4 is 12.3 Å². The Morgan fingerprint density at radius 3 is 0.980 bits per heavy atom. The van der Waals surface area contributed by atoms with Crippen LogP contribution >= 0.6 is 0 Å². The third kappa shape index (κ3) is 17.1. The van der Waals surface area contributed by atoms with Crippen molar-refractivity contribution in [2.45, 2.75) is 245 Å². The number of piperidine rings is 2. The highest BCUT2D eigenvalue weighted by Gasteiger charge is 2.49. The molecule has 0 amide bonds. The quantitative estimate of drug-likeness (QED) is 0.0548. The molecule has 0 aromatic heterocycles. The van der Waals surface area contributed by atoms with Crippen LogP contribution in [0.4, 0.5) is 9.59 Å². The van der Waals surface area contributed by atoms with Gasteiger partial charge in [0.25, 0.3) is 0 Å². The summed E-state index contributed by atoms with van der Waals surface area (Å²) >= 11 is 0. The molecule has 0 atom stereocenters. The number of carbonyl (C=O) groups excluding carboxylic acids is 2. The van der Waals surface area contributed by atoms with Gasteiger partial charge < -0.3 is 14.2 Å². The average Bonchev–Trinajstić information content (AvgIpc) is 2.99. The highest BCUT2D eigenvalue weighted by atomic mass is 16.8. The molecule has 2 aliphatic heterocycles. The van der Waals surface area contributed by atoms with Crippen molar-refractivity contribution < 1.29 is 33.5 Å². The number of rotatable bonds is 24. The van der Waals surface area contributed by atoms with E-state index in [9.17, 15) is 9.59 Å². The van der Waals surface area contributed by atoms with Crippen LogP contribution in [0.3, 0.4) is 0 Å². The minimum absolute atomic E-state index is 0.367. The van der Waals surface area contributed by atoms with Crippen LogP contribution in [-0.4, -0.2) is 70.0 Å². The molecule has 0 unspecified atom stereocenters. The molecule has 0 aromatic carbocycles. The fraction of sp³-hybridized carbons (Fsp3) is 0.952. The van der Waals surface area contributed by atoms with Gasteiger partial charge in [0.2, 0.25) is 0 Å². The second kappa shape index (κ2) is 22.7. The van der Waals surface area contributed by atoms with Crippen molar-refractivity contribution in [3.63, 3.8) is 0 Å². The van der Waals surface area contributed by atoms with E-state index >= 15 is 0 Å². The Bertz CT molecular complexity index is 870. The van der Waals surface area contributed by atoms with Gasteiger partial charge in [-0.1, -0.05) is 117 Å². The maximum absolute atomic E-state index is 12.8. The number of hydroxylamine groups is 4. The monoisotopic (exact) mass is 725 g/mol. The lowest BCUT2D eigenvalue weighted by molar-refractivity contribution is -0.293. The topological polar surface area (TPSA) is 86.8 Å². The molecule has 2 heterocycles. The van der Waals surface area contributed by atoms with Gasteiger partial charge in [-0.25, -0.2) is 9.59 Å². The lowest BCUT2D eigenvalue weighted by atomic mass is 9.80. The van der Waals surface area contributed by atoms with Crippen LogP contribution in [0.2, 0.25) is 0 Å². The van der Waals surface area contributed by atoms with Gasteiger partial charge in [-0.3, -0.25) is 9.68 Å². The number of ether oxygens (including phenoxy) is 3. The molecule has 0 aliphatic carbocycles. The molecule has 300 valence electrons. The molecular formula is C42H80N2O7. The summed E-state index contributed by atoms with van der Waals surface area (Å²) in [4.78, 5) is 38.3. The van der Waals surface area contributed by atoms with Crippen LogP contribution in [-0.2, 0) is 23.9 Å². The second-order valence-electron chi connectivity index (χ2n) is 18.1. The average molecular weight is 725 g/mol. The summed E-state index contributed by atoms with van der Waals surface area (Å²) in [5.41, 5.74) is -1.47. The molecular weight excluding hydrogens is 644 g/mol. The molecule has 0 radical (unpaired) electrons. The summed E-state index contributed by atoms with van der Waals surface area (Å²) in [6.45, 7) is 22.7. The number of carbonyl (C=O) groups is 2. The summed E-state index contributed by atoms with van der Waals surface area (Å²) in [5.74, 6) is 0. The minimum atomic E-state index is -1.01. The predicted octanol–water partition coefficient (Wildman–Crippen LogP) is 12.2. The Labute approximate surface area is 313 Å². The van der Waals surface area contributed by atoms with E-state index in [1.165, 1.54) is 103 Å². The first-order valence-corrected chi connectivity index (χ1v) is 21.0. The van der Waals surface area contributed by atoms with E-state index in [0.717, 1.165) is 12.8 Å². The summed E-state index contributed by atoms with van der Waals surface area (Å²) < 4.78 is 16.5. The molecule has 9 nitrogen and oxygen atoms in total. The largest absolute Gasteiger partial charge is 0.518 e. The zero-order valence-corrected chi connectivity index (χ0v) is 34.9. The molecule has 2 saturated heterocycles. The van der Waals surface area contributed by atoms with Crippen LogP contribution in [0.25, 0.3) is 0 Å². The SMILES string of the molecule is CCCCCCCCCCCON1C(C)(C)CC(OC(=O)OC(=O)OC2CC(C)(C)N(OCCCCCCCCCCC)C(C)(C)C2)CC1(C)C. The van der Waals surface area contributed by atoms with Crippen molar-refractivity contribution in [1.29, 1.82) is 0 Å². The lowest BCUT2D eigenvalue weighted by Gasteiger charge is -2.53. The Balaban J connectivity index is 1.73.